The predicted octanol–water partition coefficient (Wildman–Crippen LogP) is 2.26. The Morgan fingerprint density at radius 1 is 1.53 bits per heavy atom. The van der Waals surface area contributed by atoms with Crippen molar-refractivity contribution >= 4 is 11.5 Å². The van der Waals surface area contributed by atoms with Crippen molar-refractivity contribution in [2.45, 2.75) is 38.7 Å². The fourth-order valence-corrected chi connectivity index (χ4v) is 2.47. The van der Waals surface area contributed by atoms with Gasteiger partial charge in [-0.05, 0) is 19.8 Å². The van der Waals surface area contributed by atoms with Gasteiger partial charge in [0.1, 0.15) is 5.82 Å². The van der Waals surface area contributed by atoms with Crippen LogP contribution in [0.1, 0.15) is 31.2 Å². The average molecular weight is 265 g/mol. The van der Waals surface area contributed by atoms with Crippen molar-refractivity contribution in [3.05, 3.63) is 27.9 Å². The molecule has 0 radical (unpaired) electrons. The molecule has 2 unspecified atom stereocenters. The lowest BCUT2D eigenvalue weighted by Crippen LogP contribution is -2.30. The second-order valence-electron chi connectivity index (χ2n) is 5.11. The zero-order valence-corrected chi connectivity index (χ0v) is 11.0. The number of rotatable bonds is 4. The van der Waals surface area contributed by atoms with Crippen LogP contribution >= 0.6 is 0 Å². The van der Waals surface area contributed by atoms with Gasteiger partial charge < -0.3 is 10.4 Å². The van der Waals surface area contributed by atoms with E-state index in [9.17, 15) is 15.2 Å². The SMILES string of the molecule is Cc1cnc(NCC2CCCCC2O)cc1[N+](=O)[O-]. The van der Waals surface area contributed by atoms with Crippen LogP contribution in [0.15, 0.2) is 12.3 Å². The number of hydrogen-bond acceptors (Lipinski definition) is 5. The Bertz CT molecular complexity index is 464. The molecule has 0 aliphatic heterocycles. The van der Waals surface area contributed by atoms with E-state index in [1.807, 2.05) is 0 Å². The standard InChI is InChI=1S/C13H19N3O3/c1-9-7-14-13(6-11(9)16(18)19)15-8-10-4-2-3-5-12(10)17/h6-7,10,12,17H,2-5,8H2,1H3,(H,14,15). The molecule has 6 nitrogen and oxygen atoms in total. The number of aliphatic hydroxyl groups is 1. The van der Waals surface area contributed by atoms with Gasteiger partial charge in [0.25, 0.3) is 5.69 Å². The summed E-state index contributed by atoms with van der Waals surface area (Å²) in [4.78, 5) is 14.6. The summed E-state index contributed by atoms with van der Waals surface area (Å²) in [7, 11) is 0. The summed E-state index contributed by atoms with van der Waals surface area (Å²) in [6.45, 7) is 2.27. The Balaban J connectivity index is 1.99. The highest BCUT2D eigenvalue weighted by Crippen LogP contribution is 2.25. The number of nitro groups is 1. The summed E-state index contributed by atoms with van der Waals surface area (Å²) in [6.07, 6.45) is 5.26. The summed E-state index contributed by atoms with van der Waals surface area (Å²) in [5.74, 6) is 0.700. The van der Waals surface area contributed by atoms with E-state index < -0.39 is 4.92 Å². The van der Waals surface area contributed by atoms with Gasteiger partial charge in [0.05, 0.1) is 17.1 Å². The molecule has 1 aliphatic rings. The third-order valence-corrected chi connectivity index (χ3v) is 3.69. The first kappa shape index (κ1) is 13.7. The second-order valence-corrected chi connectivity index (χ2v) is 5.11. The van der Waals surface area contributed by atoms with Crippen molar-refractivity contribution in [2.75, 3.05) is 11.9 Å². The minimum absolute atomic E-state index is 0.0710. The molecule has 6 heteroatoms. The number of nitrogens with one attached hydrogen (secondary N) is 1. The van der Waals surface area contributed by atoms with Crippen molar-refractivity contribution in [2.24, 2.45) is 5.92 Å². The quantitative estimate of drug-likeness (QED) is 0.644. The maximum absolute atomic E-state index is 10.8. The highest BCUT2D eigenvalue weighted by Gasteiger charge is 2.23. The number of anilines is 1. The van der Waals surface area contributed by atoms with Crippen molar-refractivity contribution in [3.63, 3.8) is 0 Å². The Labute approximate surface area is 112 Å². The molecular formula is C13H19N3O3. The molecule has 2 atom stereocenters. The lowest BCUT2D eigenvalue weighted by atomic mass is 9.86. The Morgan fingerprint density at radius 3 is 2.95 bits per heavy atom. The van der Waals surface area contributed by atoms with E-state index in [1.54, 1.807) is 6.92 Å². The average Bonchev–Trinajstić information content (AvgIpc) is 2.39. The van der Waals surface area contributed by atoms with Gasteiger partial charge in [-0.15, -0.1) is 0 Å². The van der Waals surface area contributed by atoms with Crippen LogP contribution in [-0.2, 0) is 0 Å². The molecule has 0 spiro atoms. The molecule has 1 aromatic heterocycles. The Hall–Kier alpha value is -1.69. The molecule has 2 N–H and O–H groups in total. The fourth-order valence-electron chi connectivity index (χ4n) is 2.47. The van der Waals surface area contributed by atoms with Crippen LogP contribution in [-0.4, -0.2) is 27.7 Å². The van der Waals surface area contributed by atoms with E-state index in [0.717, 1.165) is 25.7 Å². The summed E-state index contributed by atoms with van der Waals surface area (Å²) < 4.78 is 0. The number of aryl methyl sites for hydroxylation is 1. The summed E-state index contributed by atoms with van der Waals surface area (Å²) in [6, 6.07) is 1.45. The molecule has 1 saturated carbocycles. The molecule has 1 fully saturated rings. The monoisotopic (exact) mass is 265 g/mol. The van der Waals surface area contributed by atoms with Crippen molar-refractivity contribution in [1.29, 1.82) is 0 Å². The molecule has 0 bridgehead atoms. The first-order valence-electron chi connectivity index (χ1n) is 6.61. The molecule has 0 saturated heterocycles. The Morgan fingerprint density at radius 2 is 2.26 bits per heavy atom. The number of aliphatic hydroxyl groups excluding tert-OH is 1. The number of pyridine rings is 1. The van der Waals surface area contributed by atoms with Gasteiger partial charge in [0.15, 0.2) is 0 Å². The summed E-state index contributed by atoms with van der Waals surface area (Å²) in [5.41, 5.74) is 0.620. The normalized spacial score (nSPS) is 23.1. The van der Waals surface area contributed by atoms with E-state index in [2.05, 4.69) is 10.3 Å². The minimum atomic E-state index is -0.405. The number of hydrogen-bond donors (Lipinski definition) is 2. The molecule has 2 rings (SSSR count). The van der Waals surface area contributed by atoms with Gasteiger partial charge in [0, 0.05) is 24.2 Å². The van der Waals surface area contributed by atoms with Crippen LogP contribution in [0.3, 0.4) is 0 Å². The molecule has 19 heavy (non-hydrogen) atoms. The number of aromatic nitrogens is 1. The fraction of sp³-hybridized carbons (Fsp3) is 0.615. The lowest BCUT2D eigenvalue weighted by molar-refractivity contribution is -0.385. The van der Waals surface area contributed by atoms with Crippen LogP contribution < -0.4 is 5.32 Å². The van der Waals surface area contributed by atoms with E-state index in [-0.39, 0.29) is 17.7 Å². The highest BCUT2D eigenvalue weighted by atomic mass is 16.6. The van der Waals surface area contributed by atoms with Crippen molar-refractivity contribution in [3.8, 4) is 0 Å². The van der Waals surface area contributed by atoms with Gasteiger partial charge in [-0.25, -0.2) is 4.98 Å². The molecule has 0 aromatic carbocycles. The minimum Gasteiger partial charge on any atom is -0.393 e. The topological polar surface area (TPSA) is 88.3 Å². The first-order chi connectivity index (χ1) is 9.08. The van der Waals surface area contributed by atoms with E-state index in [0.29, 0.717) is 17.9 Å². The van der Waals surface area contributed by atoms with Gasteiger partial charge in [-0.2, -0.15) is 0 Å². The molecule has 0 amide bonds. The molecular weight excluding hydrogens is 246 g/mol. The van der Waals surface area contributed by atoms with Gasteiger partial charge in [0.2, 0.25) is 0 Å². The molecule has 1 aliphatic carbocycles. The zero-order chi connectivity index (χ0) is 13.8. The molecule has 1 aromatic rings. The smallest absolute Gasteiger partial charge is 0.277 e. The summed E-state index contributed by atoms with van der Waals surface area (Å²) >= 11 is 0. The van der Waals surface area contributed by atoms with E-state index in [1.165, 1.54) is 12.3 Å². The van der Waals surface area contributed by atoms with Gasteiger partial charge >= 0.3 is 0 Å². The van der Waals surface area contributed by atoms with Crippen molar-refractivity contribution < 1.29 is 10.0 Å². The van der Waals surface area contributed by atoms with Crippen LogP contribution in [0.5, 0.6) is 0 Å². The van der Waals surface area contributed by atoms with E-state index in [4.69, 9.17) is 0 Å². The van der Waals surface area contributed by atoms with Gasteiger partial charge in [-0.1, -0.05) is 12.8 Å². The third-order valence-electron chi connectivity index (χ3n) is 3.69. The molecule has 1 heterocycles. The molecule has 104 valence electrons. The van der Waals surface area contributed by atoms with E-state index >= 15 is 0 Å². The highest BCUT2D eigenvalue weighted by molar-refractivity contribution is 5.48. The van der Waals surface area contributed by atoms with Crippen LogP contribution in [0.4, 0.5) is 11.5 Å². The number of nitrogens with zero attached hydrogens (tertiary/aromatic N) is 2. The third kappa shape index (κ3) is 3.41. The zero-order valence-electron chi connectivity index (χ0n) is 11.0. The van der Waals surface area contributed by atoms with Crippen LogP contribution in [0.25, 0.3) is 0 Å². The Kier molecular flexibility index (Phi) is 4.31. The first-order valence-corrected chi connectivity index (χ1v) is 6.61. The predicted molar refractivity (Wildman–Crippen MR) is 72.1 cm³/mol. The maximum Gasteiger partial charge on any atom is 0.277 e. The van der Waals surface area contributed by atoms with Crippen LogP contribution in [0, 0.1) is 23.0 Å². The maximum atomic E-state index is 10.8. The summed E-state index contributed by atoms with van der Waals surface area (Å²) in [5, 5.41) is 23.8. The van der Waals surface area contributed by atoms with Gasteiger partial charge in [-0.3, -0.25) is 10.1 Å². The van der Waals surface area contributed by atoms with Crippen LogP contribution in [0.2, 0.25) is 0 Å². The second kappa shape index (κ2) is 5.97. The van der Waals surface area contributed by atoms with Crippen molar-refractivity contribution in [1.82, 2.24) is 4.98 Å². The largest absolute Gasteiger partial charge is 0.393 e. The lowest BCUT2D eigenvalue weighted by Gasteiger charge is -2.27.